The van der Waals surface area contributed by atoms with E-state index in [9.17, 15) is 0 Å². The summed E-state index contributed by atoms with van der Waals surface area (Å²) in [6.45, 7) is 12.7. The van der Waals surface area contributed by atoms with Crippen molar-refractivity contribution < 1.29 is 4.74 Å². The van der Waals surface area contributed by atoms with Crippen molar-refractivity contribution in [3.63, 3.8) is 0 Å². The maximum absolute atomic E-state index is 5.78. The van der Waals surface area contributed by atoms with Crippen LogP contribution in [0.4, 0.5) is 0 Å². The molecule has 0 aliphatic rings. The molecule has 0 N–H and O–H groups in total. The highest BCUT2D eigenvalue weighted by Gasteiger charge is 2.02. The van der Waals surface area contributed by atoms with Crippen LogP contribution < -0.4 is 0 Å². The van der Waals surface area contributed by atoms with Crippen molar-refractivity contribution in [1.29, 1.82) is 0 Å². The van der Waals surface area contributed by atoms with Crippen LogP contribution in [0.25, 0.3) is 17.2 Å². The van der Waals surface area contributed by atoms with E-state index >= 15 is 0 Å². The molecule has 0 radical (unpaired) electrons. The summed E-state index contributed by atoms with van der Waals surface area (Å²) in [5.74, 6) is 6.34. The molecule has 1 heterocycles. The number of hydrogen-bond acceptors (Lipinski definition) is 3. The maximum Gasteiger partial charge on any atom is 0.0651 e. The van der Waals surface area contributed by atoms with Crippen molar-refractivity contribution in [2.75, 3.05) is 32.8 Å². The first kappa shape index (κ1) is 23.2. The number of thiophene rings is 1. The molecule has 2 rings (SSSR count). The molecule has 0 spiro atoms. The van der Waals surface area contributed by atoms with Gasteiger partial charge in [-0.3, -0.25) is 4.90 Å². The van der Waals surface area contributed by atoms with Crippen LogP contribution in [0.5, 0.6) is 0 Å². The minimum Gasteiger partial charge on any atom is -0.376 e. The van der Waals surface area contributed by atoms with E-state index in [1.165, 1.54) is 16.7 Å². The van der Waals surface area contributed by atoms with Crippen molar-refractivity contribution in [2.45, 2.75) is 27.7 Å². The molecule has 0 fully saturated rings. The summed E-state index contributed by atoms with van der Waals surface area (Å²) in [7, 11) is 0. The lowest BCUT2D eigenvalue weighted by Crippen LogP contribution is -2.27. The van der Waals surface area contributed by atoms with Gasteiger partial charge in [0.15, 0.2) is 0 Å². The van der Waals surface area contributed by atoms with Crippen molar-refractivity contribution in [3.05, 3.63) is 64.9 Å². The molecule has 1 aromatic heterocycles. The van der Waals surface area contributed by atoms with Gasteiger partial charge in [-0.1, -0.05) is 55.2 Å². The molecule has 2 nitrogen and oxygen atoms in total. The van der Waals surface area contributed by atoms with Gasteiger partial charge in [0.2, 0.25) is 0 Å². The quantitative estimate of drug-likeness (QED) is 0.335. The lowest BCUT2D eigenvalue weighted by Gasteiger charge is -2.17. The molecule has 1 aromatic carbocycles. The lowest BCUT2D eigenvalue weighted by molar-refractivity contribution is 0.131. The van der Waals surface area contributed by atoms with Crippen LogP contribution in [0.1, 0.15) is 33.3 Å². The van der Waals surface area contributed by atoms with Gasteiger partial charge >= 0.3 is 0 Å². The van der Waals surface area contributed by atoms with Crippen LogP contribution in [0, 0.1) is 17.3 Å². The molecule has 2 aromatic rings. The van der Waals surface area contributed by atoms with Crippen molar-refractivity contribution >= 4 is 17.4 Å². The summed E-state index contributed by atoms with van der Waals surface area (Å²) in [6.07, 6.45) is 8.30. The van der Waals surface area contributed by atoms with Crippen LogP contribution >= 0.6 is 11.3 Å². The van der Waals surface area contributed by atoms with Gasteiger partial charge in [-0.25, -0.2) is 0 Å². The third kappa shape index (κ3) is 9.76. The summed E-state index contributed by atoms with van der Waals surface area (Å²) in [6, 6.07) is 10.7. The Kier molecular flexibility index (Phi) is 9.94. The van der Waals surface area contributed by atoms with E-state index in [1.807, 2.05) is 6.08 Å². The van der Waals surface area contributed by atoms with Gasteiger partial charge in [-0.2, -0.15) is 11.3 Å². The first-order chi connectivity index (χ1) is 14.0. The Morgan fingerprint density at radius 3 is 2.72 bits per heavy atom. The van der Waals surface area contributed by atoms with E-state index in [1.54, 1.807) is 11.3 Å². The van der Waals surface area contributed by atoms with E-state index in [4.69, 9.17) is 4.74 Å². The van der Waals surface area contributed by atoms with Gasteiger partial charge in [-0.05, 0) is 73.0 Å². The highest BCUT2D eigenvalue weighted by molar-refractivity contribution is 7.08. The molecule has 0 aliphatic heterocycles. The number of allylic oxidation sites excluding steroid dienone is 1. The Balaban J connectivity index is 1.68. The van der Waals surface area contributed by atoms with Gasteiger partial charge in [0.25, 0.3) is 0 Å². The second-order valence-electron chi connectivity index (χ2n) is 7.93. The molecule has 0 bridgehead atoms. The summed E-state index contributed by atoms with van der Waals surface area (Å²) in [5, 5.41) is 4.29. The highest BCUT2D eigenvalue weighted by atomic mass is 32.1. The first-order valence-electron chi connectivity index (χ1n) is 10.2. The van der Waals surface area contributed by atoms with Gasteiger partial charge in [0.1, 0.15) is 0 Å². The summed E-state index contributed by atoms with van der Waals surface area (Å²) < 4.78 is 5.78. The Hall–Kier alpha value is -2.12. The van der Waals surface area contributed by atoms with Crippen LogP contribution in [0.15, 0.2) is 59.3 Å². The molecule has 29 heavy (non-hydrogen) atoms. The van der Waals surface area contributed by atoms with Crippen LogP contribution in [0.2, 0.25) is 0 Å². The molecule has 0 saturated carbocycles. The summed E-state index contributed by atoms with van der Waals surface area (Å²) in [4.78, 5) is 2.35. The minimum absolute atomic E-state index is 0.0569. The van der Waals surface area contributed by atoms with E-state index < -0.39 is 0 Å². The SMILES string of the molecule is CCN(C/C=C/C#CC(C)(C)C)CCOC/C=C/c1cccc(-c2ccsc2)c1. The average Bonchev–Trinajstić information content (AvgIpc) is 3.23. The topological polar surface area (TPSA) is 12.5 Å². The van der Waals surface area contributed by atoms with Crippen LogP contribution in [-0.2, 0) is 4.74 Å². The zero-order chi connectivity index (χ0) is 21.0. The predicted octanol–water partition coefficient (Wildman–Crippen LogP) is 6.37. The third-order valence-corrected chi connectivity index (χ3v) is 4.96. The van der Waals surface area contributed by atoms with E-state index in [0.717, 1.165) is 26.2 Å². The molecule has 0 unspecified atom stereocenters. The number of ether oxygens (including phenoxy) is 1. The van der Waals surface area contributed by atoms with Crippen molar-refractivity contribution in [2.24, 2.45) is 5.41 Å². The zero-order valence-electron chi connectivity index (χ0n) is 18.2. The number of benzene rings is 1. The van der Waals surface area contributed by atoms with Crippen molar-refractivity contribution in [3.8, 4) is 23.0 Å². The Labute approximate surface area is 180 Å². The molecular formula is C26H33NOS. The lowest BCUT2D eigenvalue weighted by atomic mass is 9.98. The molecule has 0 aliphatic carbocycles. The number of nitrogens with zero attached hydrogens (tertiary/aromatic N) is 1. The normalized spacial score (nSPS) is 12.0. The monoisotopic (exact) mass is 407 g/mol. The largest absolute Gasteiger partial charge is 0.376 e. The van der Waals surface area contributed by atoms with Crippen LogP contribution in [-0.4, -0.2) is 37.7 Å². The highest BCUT2D eigenvalue weighted by Crippen LogP contribution is 2.23. The smallest absolute Gasteiger partial charge is 0.0651 e. The zero-order valence-corrected chi connectivity index (χ0v) is 19.0. The maximum atomic E-state index is 5.78. The minimum atomic E-state index is 0.0569. The fourth-order valence-electron chi connectivity index (χ4n) is 2.68. The third-order valence-electron chi connectivity index (χ3n) is 4.28. The van der Waals surface area contributed by atoms with Crippen LogP contribution in [0.3, 0.4) is 0 Å². The van der Waals surface area contributed by atoms with E-state index in [2.05, 4.69) is 104 Å². The van der Waals surface area contributed by atoms with Gasteiger partial charge in [-0.15, -0.1) is 0 Å². The standard InChI is InChI=1S/C26H33NOS/c1-5-27(16-8-6-7-15-26(2,3)4)17-19-28-18-10-12-23-11-9-13-24(21-23)25-14-20-29-22-25/h6,8-14,20-22H,5,16-19H2,1-4H3/b8-6+,12-10+. The molecule has 0 saturated heterocycles. The fraction of sp³-hybridized carbons (Fsp3) is 0.385. The van der Waals surface area contributed by atoms with Gasteiger partial charge in [0.05, 0.1) is 13.2 Å². The Morgan fingerprint density at radius 1 is 1.14 bits per heavy atom. The van der Waals surface area contributed by atoms with Gasteiger partial charge in [0, 0.05) is 18.5 Å². The predicted molar refractivity (Wildman–Crippen MR) is 128 cm³/mol. The molecular weight excluding hydrogens is 374 g/mol. The first-order valence-corrected chi connectivity index (χ1v) is 11.2. The van der Waals surface area contributed by atoms with Crippen molar-refractivity contribution in [1.82, 2.24) is 4.90 Å². The molecule has 0 atom stereocenters. The fourth-order valence-corrected chi connectivity index (χ4v) is 3.34. The number of likely N-dealkylation sites (N-methyl/N-ethyl adjacent to an activating group) is 1. The molecule has 154 valence electrons. The number of hydrogen-bond donors (Lipinski definition) is 0. The van der Waals surface area contributed by atoms with E-state index in [-0.39, 0.29) is 5.41 Å². The average molecular weight is 408 g/mol. The Bertz CT molecular complexity index is 832. The molecule has 3 heteroatoms. The Morgan fingerprint density at radius 2 is 2.00 bits per heavy atom. The molecule has 0 amide bonds. The van der Waals surface area contributed by atoms with E-state index in [0.29, 0.717) is 6.61 Å². The summed E-state index contributed by atoms with van der Waals surface area (Å²) in [5.41, 5.74) is 3.79. The number of rotatable bonds is 10. The summed E-state index contributed by atoms with van der Waals surface area (Å²) >= 11 is 1.73. The van der Waals surface area contributed by atoms with Gasteiger partial charge < -0.3 is 4.74 Å². The second kappa shape index (κ2) is 12.4. The second-order valence-corrected chi connectivity index (χ2v) is 8.71.